The second kappa shape index (κ2) is 3.97. The molecule has 1 aliphatic rings. The standard InChI is InChI=1S/C10H11Cl2NO/c11-6-1-2-10(9(12)3-6)14-8-4-7(13)5-8/h1-3,7-8H,4-5,13H2. The first kappa shape index (κ1) is 10.1. The van der Waals surface area contributed by atoms with Crippen molar-refractivity contribution in [2.45, 2.75) is 25.0 Å². The first-order valence-corrected chi connectivity index (χ1v) is 5.28. The number of halogens is 2. The molecule has 0 saturated heterocycles. The van der Waals surface area contributed by atoms with Crippen molar-refractivity contribution in [1.29, 1.82) is 0 Å². The summed E-state index contributed by atoms with van der Waals surface area (Å²) in [7, 11) is 0. The van der Waals surface area contributed by atoms with E-state index in [1.165, 1.54) is 0 Å². The Hall–Kier alpha value is -0.440. The van der Waals surface area contributed by atoms with Crippen LogP contribution in [0.3, 0.4) is 0 Å². The Morgan fingerprint density at radius 1 is 1.29 bits per heavy atom. The van der Waals surface area contributed by atoms with Crippen LogP contribution < -0.4 is 10.5 Å². The molecule has 14 heavy (non-hydrogen) atoms. The third kappa shape index (κ3) is 2.14. The molecule has 1 aliphatic carbocycles. The summed E-state index contributed by atoms with van der Waals surface area (Å²) in [4.78, 5) is 0. The van der Waals surface area contributed by atoms with Gasteiger partial charge < -0.3 is 10.5 Å². The Morgan fingerprint density at radius 3 is 2.57 bits per heavy atom. The van der Waals surface area contributed by atoms with Gasteiger partial charge in [0.2, 0.25) is 0 Å². The molecule has 1 aromatic rings. The van der Waals surface area contributed by atoms with Gasteiger partial charge in [0.05, 0.1) is 5.02 Å². The van der Waals surface area contributed by atoms with Crippen LogP contribution in [0.1, 0.15) is 12.8 Å². The maximum atomic E-state index is 5.95. The van der Waals surface area contributed by atoms with Gasteiger partial charge >= 0.3 is 0 Å². The first-order valence-electron chi connectivity index (χ1n) is 4.52. The third-order valence-electron chi connectivity index (χ3n) is 2.32. The monoisotopic (exact) mass is 231 g/mol. The summed E-state index contributed by atoms with van der Waals surface area (Å²) in [5.41, 5.74) is 5.65. The lowest BCUT2D eigenvalue weighted by Crippen LogP contribution is -2.43. The molecule has 4 heteroatoms. The van der Waals surface area contributed by atoms with Gasteiger partial charge in [0.15, 0.2) is 0 Å². The first-order chi connectivity index (χ1) is 6.65. The molecule has 0 unspecified atom stereocenters. The molecule has 2 nitrogen and oxygen atoms in total. The number of hydrogen-bond donors (Lipinski definition) is 1. The van der Waals surface area contributed by atoms with Gasteiger partial charge in [-0.1, -0.05) is 23.2 Å². The number of rotatable bonds is 2. The van der Waals surface area contributed by atoms with E-state index < -0.39 is 0 Å². The van der Waals surface area contributed by atoms with Gasteiger partial charge in [-0.25, -0.2) is 0 Å². The molecule has 0 radical (unpaired) electrons. The lowest BCUT2D eigenvalue weighted by molar-refractivity contribution is 0.101. The average molecular weight is 232 g/mol. The van der Waals surface area contributed by atoms with Crippen LogP contribution in [0.15, 0.2) is 18.2 Å². The quantitative estimate of drug-likeness (QED) is 0.850. The zero-order valence-electron chi connectivity index (χ0n) is 7.54. The minimum atomic E-state index is 0.212. The number of ether oxygens (including phenoxy) is 1. The minimum absolute atomic E-state index is 0.212. The van der Waals surface area contributed by atoms with Crippen molar-refractivity contribution < 1.29 is 4.74 Å². The summed E-state index contributed by atoms with van der Waals surface area (Å²) in [6.07, 6.45) is 2.02. The Balaban J connectivity index is 2.02. The summed E-state index contributed by atoms with van der Waals surface area (Å²) >= 11 is 11.7. The molecule has 0 bridgehead atoms. The second-order valence-corrected chi connectivity index (χ2v) is 4.39. The van der Waals surface area contributed by atoms with Crippen LogP contribution in [0.5, 0.6) is 5.75 Å². The largest absolute Gasteiger partial charge is 0.489 e. The second-order valence-electron chi connectivity index (χ2n) is 3.55. The van der Waals surface area contributed by atoms with Gasteiger partial charge in [-0.3, -0.25) is 0 Å². The van der Waals surface area contributed by atoms with Gasteiger partial charge in [-0.15, -0.1) is 0 Å². The van der Waals surface area contributed by atoms with E-state index in [1.807, 2.05) is 0 Å². The predicted octanol–water partition coefficient (Wildman–Crippen LogP) is 2.86. The van der Waals surface area contributed by atoms with Crippen LogP contribution in [0, 0.1) is 0 Å². The van der Waals surface area contributed by atoms with Crippen LogP contribution in [0.4, 0.5) is 0 Å². The molecule has 0 aromatic heterocycles. The van der Waals surface area contributed by atoms with Crippen LogP contribution >= 0.6 is 23.2 Å². The number of nitrogens with two attached hydrogens (primary N) is 1. The normalized spacial score (nSPS) is 25.6. The van der Waals surface area contributed by atoms with E-state index >= 15 is 0 Å². The van der Waals surface area contributed by atoms with Crippen LogP contribution in [0.2, 0.25) is 10.0 Å². The van der Waals surface area contributed by atoms with Gasteiger partial charge in [0.25, 0.3) is 0 Å². The molecule has 76 valence electrons. The molecule has 1 saturated carbocycles. The SMILES string of the molecule is NC1CC(Oc2ccc(Cl)cc2Cl)C1. The van der Waals surface area contributed by atoms with E-state index in [4.69, 9.17) is 33.7 Å². The Kier molecular flexibility index (Phi) is 2.86. The van der Waals surface area contributed by atoms with Crippen molar-refractivity contribution in [3.05, 3.63) is 28.2 Å². The fourth-order valence-corrected chi connectivity index (χ4v) is 1.91. The highest BCUT2D eigenvalue weighted by molar-refractivity contribution is 6.35. The Bertz CT molecular complexity index is 337. The molecule has 0 spiro atoms. The molecule has 2 rings (SSSR count). The van der Waals surface area contributed by atoms with E-state index in [0.29, 0.717) is 15.8 Å². The highest BCUT2D eigenvalue weighted by atomic mass is 35.5. The lowest BCUT2D eigenvalue weighted by atomic mass is 9.90. The molecule has 0 atom stereocenters. The smallest absolute Gasteiger partial charge is 0.138 e. The van der Waals surface area contributed by atoms with E-state index in [0.717, 1.165) is 12.8 Å². The maximum Gasteiger partial charge on any atom is 0.138 e. The van der Waals surface area contributed by atoms with Crippen molar-refractivity contribution in [1.82, 2.24) is 0 Å². The van der Waals surface area contributed by atoms with E-state index in [2.05, 4.69) is 0 Å². The fourth-order valence-electron chi connectivity index (χ4n) is 1.45. The molecule has 0 aliphatic heterocycles. The highest BCUT2D eigenvalue weighted by Crippen LogP contribution is 2.31. The van der Waals surface area contributed by atoms with Crippen molar-refractivity contribution in [2.75, 3.05) is 0 Å². The van der Waals surface area contributed by atoms with Gasteiger partial charge in [-0.2, -0.15) is 0 Å². The van der Waals surface area contributed by atoms with Gasteiger partial charge in [-0.05, 0) is 31.0 Å². The highest BCUT2D eigenvalue weighted by Gasteiger charge is 2.28. The van der Waals surface area contributed by atoms with Crippen molar-refractivity contribution in [3.63, 3.8) is 0 Å². The molecular formula is C10H11Cl2NO. The minimum Gasteiger partial charge on any atom is -0.489 e. The van der Waals surface area contributed by atoms with E-state index in [9.17, 15) is 0 Å². The van der Waals surface area contributed by atoms with E-state index in [-0.39, 0.29) is 12.1 Å². The maximum absolute atomic E-state index is 5.95. The number of benzene rings is 1. The van der Waals surface area contributed by atoms with Gasteiger partial charge in [0, 0.05) is 11.1 Å². The fraction of sp³-hybridized carbons (Fsp3) is 0.400. The van der Waals surface area contributed by atoms with E-state index in [1.54, 1.807) is 18.2 Å². The topological polar surface area (TPSA) is 35.2 Å². The Morgan fingerprint density at radius 2 is 2.00 bits per heavy atom. The molecule has 1 fully saturated rings. The lowest BCUT2D eigenvalue weighted by Gasteiger charge is -2.32. The summed E-state index contributed by atoms with van der Waals surface area (Å²) in [6, 6.07) is 5.51. The van der Waals surface area contributed by atoms with Crippen LogP contribution in [-0.2, 0) is 0 Å². The zero-order valence-corrected chi connectivity index (χ0v) is 9.05. The van der Waals surface area contributed by atoms with Crippen molar-refractivity contribution in [2.24, 2.45) is 5.73 Å². The number of hydrogen-bond acceptors (Lipinski definition) is 2. The summed E-state index contributed by atoms with van der Waals surface area (Å²) < 4.78 is 5.64. The summed E-state index contributed by atoms with van der Waals surface area (Å²) in [6.45, 7) is 0. The third-order valence-corrected chi connectivity index (χ3v) is 2.85. The molecule has 0 amide bonds. The summed E-state index contributed by atoms with van der Waals surface area (Å²) in [5, 5.41) is 1.17. The predicted molar refractivity (Wildman–Crippen MR) is 58.1 cm³/mol. The molecule has 1 aromatic carbocycles. The molecule has 0 heterocycles. The van der Waals surface area contributed by atoms with Crippen molar-refractivity contribution in [3.8, 4) is 5.75 Å². The van der Waals surface area contributed by atoms with Gasteiger partial charge in [0.1, 0.15) is 11.9 Å². The average Bonchev–Trinajstić information content (AvgIpc) is 2.06. The Labute approximate surface area is 92.9 Å². The van der Waals surface area contributed by atoms with Crippen molar-refractivity contribution >= 4 is 23.2 Å². The van der Waals surface area contributed by atoms with Crippen LogP contribution in [0.25, 0.3) is 0 Å². The van der Waals surface area contributed by atoms with Crippen LogP contribution in [-0.4, -0.2) is 12.1 Å². The summed E-state index contributed by atoms with van der Waals surface area (Å²) in [5.74, 6) is 0.688. The molecule has 2 N–H and O–H groups in total. The zero-order chi connectivity index (χ0) is 10.1. The molecular weight excluding hydrogens is 221 g/mol.